The molecule has 0 radical (unpaired) electrons. The maximum atomic E-state index is 12.1. The lowest BCUT2D eigenvalue weighted by Crippen LogP contribution is -2.45. The molecule has 0 amide bonds. The van der Waals surface area contributed by atoms with Crippen molar-refractivity contribution in [2.45, 2.75) is 0 Å². The standard InChI is InChI=1S/C11H9N3O6S/c1-21(19,20)14-11(18)13(7-5-3-2-4-6-7)9(15)8(12-14)10(16)17/h2-6H,1H3,(H,16,17). The molecule has 0 aliphatic carbocycles. The summed E-state index contributed by atoms with van der Waals surface area (Å²) in [7, 11) is -4.17. The number of rotatable bonds is 3. The molecule has 1 aromatic heterocycles. The van der Waals surface area contributed by atoms with E-state index in [9.17, 15) is 22.8 Å². The fourth-order valence-corrected chi connectivity index (χ4v) is 2.21. The highest BCUT2D eigenvalue weighted by molar-refractivity contribution is 7.89. The Kier molecular flexibility index (Phi) is 3.47. The molecule has 1 heterocycles. The van der Waals surface area contributed by atoms with E-state index in [2.05, 4.69) is 5.10 Å². The average Bonchev–Trinajstić information content (AvgIpc) is 2.38. The molecule has 0 atom stereocenters. The van der Waals surface area contributed by atoms with Crippen molar-refractivity contribution in [1.29, 1.82) is 0 Å². The van der Waals surface area contributed by atoms with Gasteiger partial charge in [-0.05, 0) is 12.1 Å². The summed E-state index contributed by atoms with van der Waals surface area (Å²) in [5, 5.41) is 12.0. The first kappa shape index (κ1) is 14.7. The smallest absolute Gasteiger partial charge is 0.366 e. The van der Waals surface area contributed by atoms with Crippen LogP contribution in [-0.4, -0.2) is 39.5 Å². The van der Waals surface area contributed by atoms with E-state index in [-0.39, 0.29) is 9.77 Å². The van der Waals surface area contributed by atoms with E-state index in [1.165, 1.54) is 24.3 Å². The van der Waals surface area contributed by atoms with Crippen molar-refractivity contribution in [2.75, 3.05) is 6.26 Å². The van der Waals surface area contributed by atoms with Gasteiger partial charge in [-0.15, -0.1) is 9.19 Å². The Balaban J connectivity index is 3.01. The number of benzene rings is 1. The summed E-state index contributed by atoms with van der Waals surface area (Å²) in [6, 6.07) is 7.35. The second-order valence-corrected chi connectivity index (χ2v) is 5.83. The van der Waals surface area contributed by atoms with Crippen LogP contribution >= 0.6 is 0 Å². The predicted octanol–water partition coefficient (Wildman–Crippen LogP) is -1.10. The zero-order valence-corrected chi connectivity index (χ0v) is 11.4. The van der Waals surface area contributed by atoms with Gasteiger partial charge >= 0.3 is 11.7 Å². The number of carboxylic acids is 1. The van der Waals surface area contributed by atoms with Gasteiger partial charge < -0.3 is 5.11 Å². The van der Waals surface area contributed by atoms with Gasteiger partial charge in [0, 0.05) is 0 Å². The molecule has 0 aliphatic heterocycles. The van der Waals surface area contributed by atoms with Gasteiger partial charge in [0.1, 0.15) is 0 Å². The molecule has 0 bridgehead atoms. The number of hydrogen-bond acceptors (Lipinski definition) is 6. The van der Waals surface area contributed by atoms with Crippen molar-refractivity contribution < 1.29 is 18.3 Å². The van der Waals surface area contributed by atoms with E-state index >= 15 is 0 Å². The zero-order chi connectivity index (χ0) is 15.8. The van der Waals surface area contributed by atoms with Gasteiger partial charge in [0.25, 0.3) is 15.6 Å². The summed E-state index contributed by atoms with van der Waals surface area (Å²) in [6.45, 7) is 0. The van der Waals surface area contributed by atoms with Crippen LogP contribution in [0.1, 0.15) is 10.5 Å². The van der Waals surface area contributed by atoms with Crippen LogP contribution in [0.2, 0.25) is 0 Å². The normalized spacial score (nSPS) is 11.3. The van der Waals surface area contributed by atoms with Gasteiger partial charge in [0.2, 0.25) is 5.69 Å². The molecule has 0 saturated heterocycles. The third kappa shape index (κ3) is 2.60. The van der Waals surface area contributed by atoms with Crippen molar-refractivity contribution >= 4 is 16.0 Å². The van der Waals surface area contributed by atoms with Gasteiger partial charge in [-0.1, -0.05) is 18.2 Å². The summed E-state index contributed by atoms with van der Waals surface area (Å²) >= 11 is 0. The van der Waals surface area contributed by atoms with Gasteiger partial charge in [-0.25, -0.2) is 22.6 Å². The van der Waals surface area contributed by atoms with Crippen LogP contribution in [0.3, 0.4) is 0 Å². The SMILES string of the molecule is CS(=O)(=O)n1nc(C(=O)O)c(=O)n(-c2ccccc2)c1=O. The van der Waals surface area contributed by atoms with Gasteiger partial charge in [0.15, 0.2) is 0 Å². The lowest BCUT2D eigenvalue weighted by molar-refractivity contribution is 0.0685. The Morgan fingerprint density at radius 3 is 2.24 bits per heavy atom. The molecular formula is C11H9N3O6S. The van der Waals surface area contributed by atoms with Crippen molar-refractivity contribution in [2.24, 2.45) is 0 Å². The van der Waals surface area contributed by atoms with Gasteiger partial charge in [-0.3, -0.25) is 4.79 Å². The number of hydrogen-bond donors (Lipinski definition) is 1. The Morgan fingerprint density at radius 1 is 1.19 bits per heavy atom. The van der Waals surface area contributed by atoms with Gasteiger partial charge in [-0.2, -0.15) is 0 Å². The average molecular weight is 311 g/mol. The largest absolute Gasteiger partial charge is 0.476 e. The Bertz CT molecular complexity index is 927. The highest BCUT2D eigenvalue weighted by atomic mass is 32.2. The minimum absolute atomic E-state index is 0.0230. The molecule has 0 unspecified atom stereocenters. The lowest BCUT2D eigenvalue weighted by Gasteiger charge is -2.08. The monoisotopic (exact) mass is 311 g/mol. The topological polar surface area (TPSA) is 128 Å². The molecule has 1 aromatic carbocycles. The summed E-state index contributed by atoms with van der Waals surface area (Å²) < 4.78 is 23.5. The maximum absolute atomic E-state index is 12.1. The van der Waals surface area contributed by atoms with Crippen LogP contribution < -0.4 is 11.2 Å². The predicted molar refractivity (Wildman–Crippen MR) is 71.3 cm³/mol. The van der Waals surface area contributed by atoms with E-state index in [0.717, 1.165) is 0 Å². The van der Waals surface area contributed by atoms with Crippen molar-refractivity contribution in [1.82, 2.24) is 13.8 Å². The zero-order valence-electron chi connectivity index (χ0n) is 10.6. The molecule has 0 fully saturated rings. The molecule has 2 rings (SSSR count). The Hall–Kier alpha value is -2.75. The first-order valence-corrected chi connectivity index (χ1v) is 7.34. The molecule has 110 valence electrons. The number of aromatic nitrogens is 3. The molecule has 9 nitrogen and oxygen atoms in total. The summed E-state index contributed by atoms with van der Waals surface area (Å²) in [5.41, 5.74) is -3.50. The van der Waals surface area contributed by atoms with Crippen LogP contribution in [-0.2, 0) is 10.0 Å². The van der Waals surface area contributed by atoms with E-state index in [1.54, 1.807) is 6.07 Å². The van der Waals surface area contributed by atoms with Crippen LogP contribution in [0.4, 0.5) is 0 Å². The first-order chi connectivity index (χ1) is 9.73. The molecule has 0 aliphatic rings. The lowest BCUT2D eigenvalue weighted by atomic mass is 10.3. The van der Waals surface area contributed by atoms with E-state index in [4.69, 9.17) is 5.11 Å². The molecule has 10 heteroatoms. The highest BCUT2D eigenvalue weighted by Gasteiger charge is 2.23. The Labute approximate surface area is 117 Å². The van der Waals surface area contributed by atoms with Crippen LogP contribution in [0, 0.1) is 0 Å². The summed E-state index contributed by atoms with van der Waals surface area (Å²) in [4.78, 5) is 35.1. The minimum Gasteiger partial charge on any atom is -0.476 e. The van der Waals surface area contributed by atoms with Crippen molar-refractivity contribution in [3.63, 3.8) is 0 Å². The number of para-hydroxylation sites is 1. The number of carbonyl (C=O) groups is 1. The van der Waals surface area contributed by atoms with E-state index in [0.29, 0.717) is 10.8 Å². The van der Waals surface area contributed by atoms with Crippen LogP contribution in [0.5, 0.6) is 0 Å². The van der Waals surface area contributed by atoms with Crippen molar-refractivity contribution in [3.05, 3.63) is 56.9 Å². The fraction of sp³-hybridized carbons (Fsp3) is 0.0909. The third-order valence-electron chi connectivity index (χ3n) is 2.48. The second kappa shape index (κ2) is 4.98. The van der Waals surface area contributed by atoms with E-state index in [1.807, 2.05) is 0 Å². The fourth-order valence-electron chi connectivity index (χ4n) is 1.61. The first-order valence-electron chi connectivity index (χ1n) is 5.49. The minimum atomic E-state index is -4.17. The number of carboxylic acid groups (broad SMARTS) is 1. The molecule has 0 saturated carbocycles. The van der Waals surface area contributed by atoms with E-state index < -0.39 is 32.9 Å². The molecule has 0 spiro atoms. The molecule has 2 aromatic rings. The van der Waals surface area contributed by atoms with Gasteiger partial charge in [0.05, 0.1) is 11.9 Å². The number of nitrogens with zero attached hydrogens (tertiary/aromatic N) is 3. The maximum Gasteiger partial charge on any atom is 0.366 e. The highest BCUT2D eigenvalue weighted by Crippen LogP contribution is 2.01. The second-order valence-electron chi connectivity index (χ2n) is 4.02. The molecular weight excluding hydrogens is 302 g/mol. The molecule has 21 heavy (non-hydrogen) atoms. The van der Waals surface area contributed by atoms with Crippen LogP contribution in [0.25, 0.3) is 5.69 Å². The van der Waals surface area contributed by atoms with Crippen LogP contribution in [0.15, 0.2) is 39.9 Å². The third-order valence-corrected chi connectivity index (χ3v) is 3.35. The summed E-state index contributed by atoms with van der Waals surface area (Å²) in [5.74, 6) is -1.73. The quantitative estimate of drug-likeness (QED) is 0.761. The number of aromatic carboxylic acids is 1. The Morgan fingerprint density at radius 2 is 1.76 bits per heavy atom. The summed E-state index contributed by atoms with van der Waals surface area (Å²) in [6.07, 6.45) is 0.673. The molecule has 1 N–H and O–H groups in total. The van der Waals surface area contributed by atoms with Crippen molar-refractivity contribution in [3.8, 4) is 5.69 Å².